The second-order valence-corrected chi connectivity index (χ2v) is 9.52. The Hall–Kier alpha value is -2.24. The number of hydrogen-bond donors (Lipinski definition) is 1. The van der Waals surface area contributed by atoms with Gasteiger partial charge in [-0.2, -0.15) is 0 Å². The SMILES string of the molecule is C=C/C=C\c1c(-c2csc(C(=N/C(C)=C\C)C(C)CC)n2)c[nH]c1C.CCC.COCC(C)C. The minimum Gasteiger partial charge on any atom is -0.384 e. The van der Waals surface area contributed by atoms with Crippen molar-refractivity contribution in [3.05, 3.63) is 58.3 Å². The summed E-state index contributed by atoms with van der Waals surface area (Å²) in [7, 11) is 1.72. The van der Waals surface area contributed by atoms with Crippen molar-refractivity contribution < 1.29 is 4.74 Å². The number of allylic oxidation sites excluding steroid dienone is 4. The molecule has 2 aromatic rings. The summed E-state index contributed by atoms with van der Waals surface area (Å²) in [6.07, 6.45) is 12.2. The molecule has 2 rings (SSSR count). The standard InChI is InChI=1S/C21H27N3S.C5H12O.C3H8/c1-7-10-11-17-16(6)22-12-18(17)19-13-25-21(24-19)20(14(4)8-2)23-15(5)9-3;1-5(2)4-6-3;1-3-2/h7,9-14,22H,1,8H2,2-6H3;5H,4H2,1-3H3;3H2,1-2H3/b11-10-,15-9-,23-20?;;. The molecule has 0 saturated heterocycles. The Morgan fingerprint density at radius 1 is 1.26 bits per heavy atom. The van der Waals surface area contributed by atoms with Crippen LogP contribution >= 0.6 is 11.3 Å². The second-order valence-electron chi connectivity index (χ2n) is 8.67. The Kier molecular flexibility index (Phi) is 16.9. The summed E-state index contributed by atoms with van der Waals surface area (Å²) in [4.78, 5) is 13.0. The topological polar surface area (TPSA) is 50.3 Å². The molecular formula is C29H47N3OS. The third kappa shape index (κ3) is 11.3. The van der Waals surface area contributed by atoms with Crippen LogP contribution in [0.25, 0.3) is 17.3 Å². The monoisotopic (exact) mass is 485 g/mol. The van der Waals surface area contributed by atoms with Gasteiger partial charge in [0.15, 0.2) is 0 Å². The average molecular weight is 486 g/mol. The number of H-pyrrole nitrogens is 1. The maximum atomic E-state index is 4.90. The van der Waals surface area contributed by atoms with Crippen molar-refractivity contribution in [2.45, 2.75) is 75.2 Å². The van der Waals surface area contributed by atoms with Crippen molar-refractivity contribution >= 4 is 23.1 Å². The largest absolute Gasteiger partial charge is 0.384 e. The summed E-state index contributed by atoms with van der Waals surface area (Å²) in [5, 5.41) is 3.12. The minimum atomic E-state index is 0.377. The molecule has 0 radical (unpaired) electrons. The molecule has 190 valence electrons. The lowest BCUT2D eigenvalue weighted by atomic mass is 10.0. The fourth-order valence-corrected chi connectivity index (χ4v) is 3.72. The first-order valence-electron chi connectivity index (χ1n) is 12.3. The molecule has 2 heterocycles. The van der Waals surface area contributed by atoms with Crippen LogP contribution in [0.4, 0.5) is 0 Å². The van der Waals surface area contributed by atoms with Gasteiger partial charge in [-0.05, 0) is 33.1 Å². The lowest BCUT2D eigenvalue weighted by Crippen LogP contribution is -2.12. The number of rotatable bonds is 9. The smallest absolute Gasteiger partial charge is 0.138 e. The van der Waals surface area contributed by atoms with Gasteiger partial charge >= 0.3 is 0 Å². The molecule has 5 heteroatoms. The number of aryl methyl sites for hydroxylation is 1. The lowest BCUT2D eigenvalue weighted by molar-refractivity contribution is 0.167. The number of thiazole rings is 1. The van der Waals surface area contributed by atoms with Gasteiger partial charge in [0.25, 0.3) is 0 Å². The Morgan fingerprint density at radius 3 is 2.38 bits per heavy atom. The van der Waals surface area contributed by atoms with Gasteiger partial charge in [-0.15, -0.1) is 11.3 Å². The van der Waals surface area contributed by atoms with E-state index in [9.17, 15) is 0 Å². The van der Waals surface area contributed by atoms with Gasteiger partial charge in [0.1, 0.15) is 5.01 Å². The Bertz CT molecular complexity index is 916. The van der Waals surface area contributed by atoms with Crippen molar-refractivity contribution in [2.24, 2.45) is 16.8 Å². The second kappa shape index (κ2) is 18.1. The van der Waals surface area contributed by atoms with Crippen molar-refractivity contribution in [1.82, 2.24) is 9.97 Å². The molecule has 1 N–H and O–H groups in total. The van der Waals surface area contributed by atoms with Gasteiger partial charge < -0.3 is 9.72 Å². The molecule has 1 unspecified atom stereocenters. The van der Waals surface area contributed by atoms with Crippen LogP contribution in [-0.2, 0) is 4.74 Å². The molecule has 0 aromatic carbocycles. The van der Waals surface area contributed by atoms with Crippen LogP contribution in [-0.4, -0.2) is 29.4 Å². The maximum absolute atomic E-state index is 4.90. The highest BCUT2D eigenvalue weighted by atomic mass is 32.1. The van der Waals surface area contributed by atoms with E-state index in [1.807, 2.05) is 32.2 Å². The molecule has 0 spiro atoms. The van der Waals surface area contributed by atoms with Gasteiger partial charge in [0, 0.05) is 53.7 Å². The average Bonchev–Trinajstić information content (AvgIpc) is 3.42. The molecule has 0 amide bonds. The lowest BCUT2D eigenvalue weighted by Gasteiger charge is -2.10. The van der Waals surface area contributed by atoms with Crippen molar-refractivity contribution in [1.29, 1.82) is 0 Å². The van der Waals surface area contributed by atoms with Gasteiger partial charge in [-0.1, -0.05) is 78.8 Å². The molecule has 0 aliphatic rings. The Balaban J connectivity index is 0.00000103. The quantitative estimate of drug-likeness (QED) is 0.284. The number of nitrogens with zero attached hydrogens (tertiary/aromatic N) is 2. The molecule has 4 nitrogen and oxygen atoms in total. The van der Waals surface area contributed by atoms with Crippen LogP contribution < -0.4 is 0 Å². The summed E-state index contributed by atoms with van der Waals surface area (Å²) in [5.41, 5.74) is 6.49. The molecule has 34 heavy (non-hydrogen) atoms. The summed E-state index contributed by atoms with van der Waals surface area (Å²) in [6, 6.07) is 0. The highest BCUT2D eigenvalue weighted by molar-refractivity contribution is 7.12. The van der Waals surface area contributed by atoms with E-state index >= 15 is 0 Å². The van der Waals surface area contributed by atoms with Gasteiger partial charge in [0.05, 0.1) is 11.4 Å². The van der Waals surface area contributed by atoms with Gasteiger partial charge in [-0.3, -0.25) is 4.99 Å². The molecule has 0 aliphatic carbocycles. The highest BCUT2D eigenvalue weighted by Gasteiger charge is 2.18. The summed E-state index contributed by atoms with van der Waals surface area (Å²) in [5.74, 6) is 1.05. The normalized spacial score (nSPS) is 12.8. The zero-order valence-electron chi connectivity index (χ0n) is 23.2. The Labute approximate surface area is 213 Å². The van der Waals surface area contributed by atoms with Crippen LogP contribution in [0.3, 0.4) is 0 Å². The number of hydrogen-bond acceptors (Lipinski definition) is 4. The highest BCUT2D eigenvalue weighted by Crippen LogP contribution is 2.30. The van der Waals surface area contributed by atoms with Crippen LogP contribution in [0.1, 0.15) is 84.5 Å². The van der Waals surface area contributed by atoms with Crippen molar-refractivity contribution in [3.63, 3.8) is 0 Å². The summed E-state index contributed by atoms with van der Waals surface area (Å²) >= 11 is 1.66. The van der Waals surface area contributed by atoms with Crippen LogP contribution in [0, 0.1) is 18.8 Å². The molecule has 0 bridgehead atoms. The molecule has 2 aromatic heterocycles. The first-order chi connectivity index (χ1) is 16.2. The van der Waals surface area contributed by atoms with Crippen LogP contribution in [0.15, 0.2) is 47.1 Å². The number of aromatic nitrogens is 2. The van der Waals surface area contributed by atoms with E-state index in [0.29, 0.717) is 11.8 Å². The predicted molar refractivity (Wildman–Crippen MR) is 154 cm³/mol. The fourth-order valence-electron chi connectivity index (χ4n) is 2.79. The molecule has 0 aliphatic heterocycles. The first kappa shape index (κ1) is 31.8. The molecule has 0 saturated carbocycles. The van der Waals surface area contributed by atoms with Crippen LogP contribution in [0.5, 0.6) is 0 Å². The molecule has 0 fully saturated rings. The van der Waals surface area contributed by atoms with E-state index < -0.39 is 0 Å². The van der Waals surface area contributed by atoms with Crippen molar-refractivity contribution in [2.75, 3.05) is 13.7 Å². The number of aromatic amines is 1. The van der Waals surface area contributed by atoms with Gasteiger partial charge in [0.2, 0.25) is 0 Å². The van der Waals surface area contributed by atoms with Crippen molar-refractivity contribution in [3.8, 4) is 11.3 Å². The predicted octanol–water partition coefficient (Wildman–Crippen LogP) is 9.11. The zero-order chi connectivity index (χ0) is 26.1. The third-order valence-electron chi connectivity index (χ3n) is 4.82. The van der Waals surface area contributed by atoms with E-state index in [4.69, 9.17) is 14.7 Å². The third-order valence-corrected chi connectivity index (χ3v) is 5.68. The van der Waals surface area contributed by atoms with E-state index in [0.717, 1.165) is 52.0 Å². The zero-order valence-corrected chi connectivity index (χ0v) is 24.0. The summed E-state index contributed by atoms with van der Waals surface area (Å²) in [6.45, 7) is 23.6. The molecule has 1 atom stereocenters. The van der Waals surface area contributed by atoms with E-state index in [-0.39, 0.29) is 0 Å². The number of aliphatic imine (C=N–C) groups is 1. The van der Waals surface area contributed by atoms with E-state index in [2.05, 4.69) is 71.5 Å². The number of methoxy groups -OCH3 is 1. The van der Waals surface area contributed by atoms with E-state index in [1.165, 1.54) is 6.42 Å². The summed E-state index contributed by atoms with van der Waals surface area (Å²) < 4.78 is 4.80. The fraction of sp³-hybridized carbons (Fsp3) is 0.517. The van der Waals surface area contributed by atoms with E-state index in [1.54, 1.807) is 24.5 Å². The minimum absolute atomic E-state index is 0.377. The van der Waals surface area contributed by atoms with Gasteiger partial charge in [-0.25, -0.2) is 4.98 Å². The first-order valence-corrected chi connectivity index (χ1v) is 13.2. The number of nitrogens with one attached hydrogen (secondary N) is 1. The number of ether oxygens (including phenoxy) is 1. The Morgan fingerprint density at radius 2 is 1.91 bits per heavy atom. The molecular weight excluding hydrogens is 438 g/mol. The maximum Gasteiger partial charge on any atom is 0.138 e. The van der Waals surface area contributed by atoms with Crippen LogP contribution in [0.2, 0.25) is 0 Å².